The third-order valence-corrected chi connectivity index (χ3v) is 6.81. The fourth-order valence-corrected chi connectivity index (χ4v) is 5.10. The van der Waals surface area contributed by atoms with Gasteiger partial charge in [0, 0.05) is 6.54 Å². The normalized spacial score (nSPS) is 19.7. The molecule has 1 aromatic heterocycles. The van der Waals surface area contributed by atoms with Gasteiger partial charge in [-0.25, -0.2) is 0 Å². The standard InChI is InChI=1S/C17H16N2O7S4/c1-10(8-12-15(22)19(9-14(20)21)17(27)29-12)2-3-13-18(5-7-30(23,24)25)11-4-6-28-16(11)26-13/h2-4,6,8H,5,7,9H2,1H3,(H,20,21)(H,23,24,25)/b10-2+,12-8+,13-3-. The number of nitrogens with zero attached hydrogens (tertiary/aromatic N) is 2. The van der Waals surface area contributed by atoms with Crippen LogP contribution < -0.4 is 9.64 Å². The maximum Gasteiger partial charge on any atom is 0.323 e. The number of rotatable bonds is 7. The maximum atomic E-state index is 12.3. The lowest BCUT2D eigenvalue weighted by molar-refractivity contribution is -0.140. The van der Waals surface area contributed by atoms with Gasteiger partial charge in [0.05, 0.1) is 16.3 Å². The predicted octanol–water partition coefficient (Wildman–Crippen LogP) is 2.45. The van der Waals surface area contributed by atoms with Crippen molar-refractivity contribution in [1.82, 2.24) is 4.90 Å². The van der Waals surface area contributed by atoms with Crippen LogP contribution in [0, 0.1) is 0 Å². The van der Waals surface area contributed by atoms with E-state index in [9.17, 15) is 18.0 Å². The number of carbonyl (C=O) groups is 2. The summed E-state index contributed by atoms with van der Waals surface area (Å²) in [5, 5.41) is 11.3. The Morgan fingerprint density at radius 3 is 2.77 bits per heavy atom. The molecule has 0 unspecified atom stereocenters. The molecule has 13 heteroatoms. The van der Waals surface area contributed by atoms with Crippen LogP contribution in [0.1, 0.15) is 6.92 Å². The molecule has 3 heterocycles. The summed E-state index contributed by atoms with van der Waals surface area (Å²) >= 11 is 7.44. The predicted molar refractivity (Wildman–Crippen MR) is 118 cm³/mol. The summed E-state index contributed by atoms with van der Waals surface area (Å²) in [6.45, 7) is 1.26. The largest absolute Gasteiger partial charge is 0.480 e. The number of hydrogen-bond acceptors (Lipinski definition) is 9. The highest BCUT2D eigenvalue weighted by atomic mass is 32.2. The van der Waals surface area contributed by atoms with Gasteiger partial charge in [0.2, 0.25) is 10.9 Å². The zero-order valence-corrected chi connectivity index (χ0v) is 18.7. The van der Waals surface area contributed by atoms with Crippen LogP contribution in [0.4, 0.5) is 5.69 Å². The highest BCUT2D eigenvalue weighted by Gasteiger charge is 2.33. The summed E-state index contributed by atoms with van der Waals surface area (Å²) in [6.07, 6.45) is 4.89. The summed E-state index contributed by atoms with van der Waals surface area (Å²) in [5.74, 6) is -1.70. The Kier molecular flexibility index (Phi) is 6.67. The third-order valence-electron chi connectivity index (χ3n) is 3.95. The Morgan fingerprint density at radius 1 is 1.37 bits per heavy atom. The SMILES string of the molecule is CC(=C\C=C1/Oc2sccc2N1CCS(=O)(=O)O)/C=C1/SC(=S)N(CC(=O)O)C1=O. The number of amides is 1. The molecule has 0 saturated carbocycles. The number of thioether (sulfide) groups is 1. The van der Waals surface area contributed by atoms with E-state index in [1.54, 1.807) is 36.1 Å². The average Bonchev–Trinajstić information content (AvgIpc) is 3.27. The number of allylic oxidation sites excluding steroid dienone is 4. The molecule has 0 bridgehead atoms. The molecule has 160 valence electrons. The van der Waals surface area contributed by atoms with E-state index in [2.05, 4.69) is 0 Å². The summed E-state index contributed by atoms with van der Waals surface area (Å²) in [7, 11) is -4.14. The van der Waals surface area contributed by atoms with Crippen molar-refractivity contribution in [3.8, 4) is 5.06 Å². The van der Waals surface area contributed by atoms with E-state index in [1.807, 2.05) is 5.38 Å². The Bertz CT molecular complexity index is 1100. The first kappa shape index (κ1) is 22.5. The molecular formula is C17H16N2O7S4. The van der Waals surface area contributed by atoms with Gasteiger partial charge in [0.25, 0.3) is 16.0 Å². The first-order valence-electron chi connectivity index (χ1n) is 8.39. The molecule has 0 atom stereocenters. The molecule has 0 radical (unpaired) electrons. The number of carboxylic acid groups (broad SMARTS) is 1. The van der Waals surface area contributed by atoms with Crippen molar-refractivity contribution in [2.45, 2.75) is 6.92 Å². The number of thiocarbonyl (C=S) groups is 1. The maximum absolute atomic E-state index is 12.3. The number of carbonyl (C=O) groups excluding carboxylic acids is 1. The number of carboxylic acids is 1. The second-order valence-electron chi connectivity index (χ2n) is 6.21. The number of aliphatic carboxylic acids is 1. The summed E-state index contributed by atoms with van der Waals surface area (Å²) < 4.78 is 37.2. The number of hydrogen-bond donors (Lipinski definition) is 2. The fraction of sp³-hybridized carbons (Fsp3) is 0.235. The summed E-state index contributed by atoms with van der Waals surface area (Å²) in [4.78, 5) is 26.2. The van der Waals surface area contributed by atoms with E-state index in [-0.39, 0.29) is 10.9 Å². The summed E-state index contributed by atoms with van der Waals surface area (Å²) in [6, 6.07) is 1.79. The third kappa shape index (κ3) is 5.29. The van der Waals surface area contributed by atoms with Crippen LogP contribution in [0.5, 0.6) is 5.06 Å². The lowest BCUT2D eigenvalue weighted by Crippen LogP contribution is -2.33. The monoisotopic (exact) mass is 488 g/mol. The van der Waals surface area contributed by atoms with Crippen molar-refractivity contribution >= 4 is 67.3 Å². The van der Waals surface area contributed by atoms with E-state index >= 15 is 0 Å². The Morgan fingerprint density at radius 2 is 2.10 bits per heavy atom. The van der Waals surface area contributed by atoms with Crippen molar-refractivity contribution in [1.29, 1.82) is 0 Å². The van der Waals surface area contributed by atoms with Crippen molar-refractivity contribution < 1.29 is 32.4 Å². The molecule has 9 nitrogen and oxygen atoms in total. The lowest BCUT2D eigenvalue weighted by atomic mass is 10.2. The Hall–Kier alpha value is -2.19. The van der Waals surface area contributed by atoms with E-state index in [4.69, 9.17) is 26.6 Å². The lowest BCUT2D eigenvalue weighted by Gasteiger charge is -2.16. The van der Waals surface area contributed by atoms with Gasteiger partial charge in [-0.2, -0.15) is 8.42 Å². The van der Waals surface area contributed by atoms with Crippen molar-refractivity contribution in [2.24, 2.45) is 0 Å². The molecule has 1 saturated heterocycles. The van der Waals surface area contributed by atoms with Crippen LogP contribution in [0.25, 0.3) is 0 Å². The van der Waals surface area contributed by atoms with E-state index in [0.29, 0.717) is 27.1 Å². The Labute approximate surface area is 186 Å². The molecule has 3 rings (SSSR count). The van der Waals surface area contributed by atoms with Crippen LogP contribution >= 0.6 is 35.3 Å². The molecule has 1 amide bonds. The fourth-order valence-electron chi connectivity index (χ4n) is 2.62. The highest BCUT2D eigenvalue weighted by Crippen LogP contribution is 2.43. The van der Waals surface area contributed by atoms with Crippen LogP contribution in [0.15, 0.2) is 46.0 Å². The van der Waals surface area contributed by atoms with E-state index in [1.165, 1.54) is 11.3 Å². The number of fused-ring (bicyclic) bond motifs is 1. The van der Waals surface area contributed by atoms with Crippen molar-refractivity contribution in [3.05, 3.63) is 46.0 Å². The van der Waals surface area contributed by atoms with Gasteiger partial charge in [-0.1, -0.05) is 30.1 Å². The second kappa shape index (κ2) is 8.89. The first-order valence-corrected chi connectivity index (χ1v) is 12.1. The molecule has 1 fully saturated rings. The van der Waals surface area contributed by atoms with Gasteiger partial charge < -0.3 is 14.7 Å². The van der Waals surface area contributed by atoms with Gasteiger partial charge >= 0.3 is 5.97 Å². The number of anilines is 1. The minimum atomic E-state index is -4.14. The molecular weight excluding hydrogens is 472 g/mol. The topological polar surface area (TPSA) is 124 Å². The molecule has 0 aromatic carbocycles. The van der Waals surface area contributed by atoms with Gasteiger partial charge in [0.1, 0.15) is 10.9 Å². The van der Waals surface area contributed by atoms with Gasteiger partial charge in [0.15, 0.2) is 0 Å². The molecule has 1 aromatic rings. The van der Waals surface area contributed by atoms with Gasteiger partial charge in [-0.3, -0.25) is 19.0 Å². The molecule has 0 spiro atoms. The highest BCUT2D eigenvalue weighted by molar-refractivity contribution is 8.26. The van der Waals surface area contributed by atoms with Crippen molar-refractivity contribution in [2.75, 3.05) is 23.7 Å². The zero-order valence-electron chi connectivity index (χ0n) is 15.5. The number of thiophene rings is 1. The van der Waals surface area contributed by atoms with Crippen molar-refractivity contribution in [3.63, 3.8) is 0 Å². The minimum absolute atomic E-state index is 0.00906. The molecule has 30 heavy (non-hydrogen) atoms. The minimum Gasteiger partial charge on any atom is -0.480 e. The quantitative estimate of drug-likeness (QED) is 0.336. The zero-order chi connectivity index (χ0) is 22.1. The van der Waals surface area contributed by atoms with E-state index in [0.717, 1.165) is 16.7 Å². The molecule has 0 aliphatic carbocycles. The molecule has 2 aliphatic heterocycles. The van der Waals surface area contributed by atoms with Crippen LogP contribution in [-0.2, 0) is 19.7 Å². The summed E-state index contributed by atoms with van der Waals surface area (Å²) in [5.41, 5.74) is 1.38. The molecule has 2 aliphatic rings. The molecule has 2 N–H and O–H groups in total. The average molecular weight is 489 g/mol. The van der Waals surface area contributed by atoms with Gasteiger partial charge in [-0.05, 0) is 36.1 Å². The second-order valence-corrected chi connectivity index (χ2v) is 10.3. The van der Waals surface area contributed by atoms with Gasteiger partial charge in [-0.15, -0.1) is 11.3 Å². The van der Waals surface area contributed by atoms with Crippen LogP contribution in [0.2, 0.25) is 0 Å². The smallest absolute Gasteiger partial charge is 0.323 e. The number of ether oxygens (including phenoxy) is 1. The Balaban J connectivity index is 1.78. The van der Waals surface area contributed by atoms with Crippen LogP contribution in [0.3, 0.4) is 0 Å². The van der Waals surface area contributed by atoms with Crippen LogP contribution in [-0.4, -0.2) is 58.0 Å². The van der Waals surface area contributed by atoms with E-state index < -0.39 is 34.3 Å². The first-order chi connectivity index (χ1) is 14.0.